The summed E-state index contributed by atoms with van der Waals surface area (Å²) in [6, 6.07) is 6.92. The zero-order valence-electron chi connectivity index (χ0n) is 10.8. The Morgan fingerprint density at radius 2 is 2.06 bits per heavy atom. The predicted octanol–water partition coefficient (Wildman–Crippen LogP) is 2.04. The zero-order valence-corrected chi connectivity index (χ0v) is 10.8. The Labute approximate surface area is 108 Å². The number of nitrogens with zero attached hydrogens (tertiary/aromatic N) is 2. The minimum absolute atomic E-state index is 0.129. The third-order valence-corrected chi connectivity index (χ3v) is 3.25. The molecule has 0 aliphatic carbocycles. The van der Waals surface area contributed by atoms with E-state index in [1.165, 1.54) is 18.9 Å². The smallest absolute Gasteiger partial charge is 0.193 e. The summed E-state index contributed by atoms with van der Waals surface area (Å²) in [7, 11) is 1.80. The van der Waals surface area contributed by atoms with Gasteiger partial charge in [0, 0.05) is 26.7 Å². The second kappa shape index (κ2) is 6.38. The van der Waals surface area contributed by atoms with E-state index >= 15 is 0 Å². The van der Waals surface area contributed by atoms with Crippen LogP contribution in [0.1, 0.15) is 18.4 Å². The molecular formula is C14H20FN3. The maximum absolute atomic E-state index is 13.4. The summed E-state index contributed by atoms with van der Waals surface area (Å²) in [5.74, 6) is 0.805. The molecule has 2 rings (SSSR count). The highest BCUT2D eigenvalue weighted by atomic mass is 19.1. The van der Waals surface area contributed by atoms with Crippen LogP contribution in [0.25, 0.3) is 0 Å². The van der Waals surface area contributed by atoms with E-state index in [1.807, 2.05) is 12.1 Å². The standard InChI is InChI=1S/C14H20FN3/c1-16-14(18-10-4-5-11-18)17-9-8-12-6-2-3-7-13(12)15/h2-3,6-7H,4-5,8-11H2,1H3,(H,16,17). The molecule has 0 aromatic heterocycles. The lowest BCUT2D eigenvalue weighted by Crippen LogP contribution is -2.40. The third-order valence-electron chi connectivity index (χ3n) is 3.25. The lowest BCUT2D eigenvalue weighted by atomic mass is 10.1. The number of hydrogen-bond acceptors (Lipinski definition) is 1. The average molecular weight is 249 g/mol. The SMILES string of the molecule is CN=C(NCCc1ccccc1F)N1CCCC1. The summed E-state index contributed by atoms with van der Waals surface area (Å²) in [5, 5.41) is 3.30. The minimum atomic E-state index is -0.129. The number of likely N-dealkylation sites (tertiary alicyclic amines) is 1. The first-order valence-corrected chi connectivity index (χ1v) is 6.50. The highest BCUT2D eigenvalue weighted by molar-refractivity contribution is 5.80. The lowest BCUT2D eigenvalue weighted by Gasteiger charge is -2.20. The van der Waals surface area contributed by atoms with Gasteiger partial charge in [-0.05, 0) is 30.9 Å². The summed E-state index contributed by atoms with van der Waals surface area (Å²) < 4.78 is 13.4. The molecule has 1 saturated heterocycles. The van der Waals surface area contributed by atoms with Crippen LogP contribution < -0.4 is 5.32 Å². The fourth-order valence-corrected chi connectivity index (χ4v) is 2.27. The highest BCUT2D eigenvalue weighted by Gasteiger charge is 2.15. The molecule has 1 aliphatic rings. The number of nitrogens with one attached hydrogen (secondary N) is 1. The van der Waals surface area contributed by atoms with Gasteiger partial charge in [0.2, 0.25) is 0 Å². The normalized spacial score (nSPS) is 16.1. The molecule has 0 unspecified atom stereocenters. The molecule has 3 nitrogen and oxygen atoms in total. The molecule has 0 saturated carbocycles. The summed E-state index contributed by atoms with van der Waals surface area (Å²) >= 11 is 0. The van der Waals surface area contributed by atoms with E-state index in [0.717, 1.165) is 24.6 Å². The second-order valence-electron chi connectivity index (χ2n) is 4.51. The average Bonchev–Trinajstić information content (AvgIpc) is 2.90. The molecule has 4 heteroatoms. The Morgan fingerprint density at radius 1 is 1.33 bits per heavy atom. The largest absolute Gasteiger partial charge is 0.356 e. The lowest BCUT2D eigenvalue weighted by molar-refractivity contribution is 0.493. The van der Waals surface area contributed by atoms with Crippen molar-refractivity contribution in [3.8, 4) is 0 Å². The molecule has 0 radical (unpaired) electrons. The monoisotopic (exact) mass is 249 g/mol. The van der Waals surface area contributed by atoms with Crippen LogP contribution in [-0.2, 0) is 6.42 Å². The van der Waals surface area contributed by atoms with Gasteiger partial charge in [-0.25, -0.2) is 4.39 Å². The van der Waals surface area contributed by atoms with Crippen LogP contribution in [0, 0.1) is 5.82 Å². The van der Waals surface area contributed by atoms with Crippen molar-refractivity contribution in [2.75, 3.05) is 26.7 Å². The molecule has 0 atom stereocenters. The molecule has 0 spiro atoms. The van der Waals surface area contributed by atoms with E-state index in [-0.39, 0.29) is 5.82 Å². The topological polar surface area (TPSA) is 27.6 Å². The molecular weight excluding hydrogens is 229 g/mol. The minimum Gasteiger partial charge on any atom is -0.356 e. The van der Waals surface area contributed by atoms with Crippen molar-refractivity contribution in [1.29, 1.82) is 0 Å². The van der Waals surface area contributed by atoms with Crippen molar-refractivity contribution in [1.82, 2.24) is 10.2 Å². The maximum atomic E-state index is 13.4. The first-order valence-electron chi connectivity index (χ1n) is 6.50. The van der Waals surface area contributed by atoms with Crippen LogP contribution >= 0.6 is 0 Å². The van der Waals surface area contributed by atoms with Crippen molar-refractivity contribution < 1.29 is 4.39 Å². The first-order chi connectivity index (χ1) is 8.81. The Hall–Kier alpha value is -1.58. The molecule has 98 valence electrons. The van der Waals surface area contributed by atoms with Crippen LogP contribution in [0.3, 0.4) is 0 Å². The van der Waals surface area contributed by atoms with Gasteiger partial charge in [-0.3, -0.25) is 4.99 Å². The molecule has 1 aromatic carbocycles. The summed E-state index contributed by atoms with van der Waals surface area (Å²) in [6.07, 6.45) is 3.14. The Bertz CT molecular complexity index is 411. The van der Waals surface area contributed by atoms with Gasteiger partial charge in [0.25, 0.3) is 0 Å². The second-order valence-corrected chi connectivity index (χ2v) is 4.51. The van der Waals surface area contributed by atoms with Crippen LogP contribution in [0.2, 0.25) is 0 Å². The van der Waals surface area contributed by atoms with Crippen molar-refractivity contribution >= 4 is 5.96 Å². The number of halogens is 1. The van der Waals surface area contributed by atoms with E-state index < -0.39 is 0 Å². The van der Waals surface area contributed by atoms with Crippen molar-refractivity contribution in [2.24, 2.45) is 4.99 Å². The van der Waals surface area contributed by atoms with Gasteiger partial charge in [0.1, 0.15) is 5.82 Å². The Balaban J connectivity index is 1.82. The molecule has 0 bridgehead atoms. The van der Waals surface area contributed by atoms with Gasteiger partial charge < -0.3 is 10.2 Å². The highest BCUT2D eigenvalue weighted by Crippen LogP contribution is 2.08. The molecule has 1 aromatic rings. The third kappa shape index (κ3) is 3.22. The van der Waals surface area contributed by atoms with Crippen molar-refractivity contribution in [3.63, 3.8) is 0 Å². The molecule has 1 fully saturated rings. The maximum Gasteiger partial charge on any atom is 0.193 e. The summed E-state index contributed by atoms with van der Waals surface area (Å²) in [4.78, 5) is 6.51. The molecule has 18 heavy (non-hydrogen) atoms. The number of benzene rings is 1. The van der Waals surface area contributed by atoms with Crippen LogP contribution in [-0.4, -0.2) is 37.5 Å². The molecule has 1 heterocycles. The van der Waals surface area contributed by atoms with Gasteiger partial charge in [-0.2, -0.15) is 0 Å². The summed E-state index contributed by atoms with van der Waals surface area (Å²) in [6.45, 7) is 2.85. The van der Waals surface area contributed by atoms with Gasteiger partial charge in [-0.1, -0.05) is 18.2 Å². The number of hydrogen-bond donors (Lipinski definition) is 1. The van der Waals surface area contributed by atoms with Crippen LogP contribution in [0.4, 0.5) is 4.39 Å². The Morgan fingerprint density at radius 3 is 2.72 bits per heavy atom. The van der Waals surface area contributed by atoms with Crippen LogP contribution in [0.15, 0.2) is 29.3 Å². The first kappa shape index (κ1) is 12.9. The number of rotatable bonds is 3. The molecule has 0 amide bonds. The van der Waals surface area contributed by atoms with Gasteiger partial charge in [0.15, 0.2) is 5.96 Å². The Kier molecular flexibility index (Phi) is 4.56. The quantitative estimate of drug-likeness (QED) is 0.656. The van der Waals surface area contributed by atoms with E-state index in [0.29, 0.717) is 13.0 Å². The summed E-state index contributed by atoms with van der Waals surface area (Å²) in [5.41, 5.74) is 0.752. The number of guanidine groups is 1. The number of aliphatic imine (C=N–C) groups is 1. The van der Waals surface area contributed by atoms with E-state index in [2.05, 4.69) is 15.2 Å². The molecule has 1 aliphatic heterocycles. The molecule has 1 N–H and O–H groups in total. The van der Waals surface area contributed by atoms with Gasteiger partial charge in [-0.15, -0.1) is 0 Å². The predicted molar refractivity (Wildman–Crippen MR) is 72.3 cm³/mol. The zero-order chi connectivity index (χ0) is 12.8. The fourth-order valence-electron chi connectivity index (χ4n) is 2.27. The van der Waals surface area contributed by atoms with E-state index in [4.69, 9.17) is 0 Å². The van der Waals surface area contributed by atoms with E-state index in [1.54, 1.807) is 13.1 Å². The fraction of sp³-hybridized carbons (Fsp3) is 0.500. The van der Waals surface area contributed by atoms with Gasteiger partial charge in [0.05, 0.1) is 0 Å². The van der Waals surface area contributed by atoms with Crippen molar-refractivity contribution in [3.05, 3.63) is 35.6 Å². The van der Waals surface area contributed by atoms with Crippen LogP contribution in [0.5, 0.6) is 0 Å². The van der Waals surface area contributed by atoms with Gasteiger partial charge >= 0.3 is 0 Å². The van der Waals surface area contributed by atoms with E-state index in [9.17, 15) is 4.39 Å². The van der Waals surface area contributed by atoms with Crippen molar-refractivity contribution in [2.45, 2.75) is 19.3 Å².